The van der Waals surface area contributed by atoms with Crippen molar-refractivity contribution in [1.82, 2.24) is 19.5 Å². The summed E-state index contributed by atoms with van der Waals surface area (Å²) in [7, 11) is 0. The maximum absolute atomic E-state index is 7.09. The second-order valence-electron chi connectivity index (χ2n) is 18.2. The van der Waals surface area contributed by atoms with Gasteiger partial charge in [0.05, 0.1) is 22.1 Å². The van der Waals surface area contributed by atoms with E-state index >= 15 is 0 Å². The Morgan fingerprint density at radius 2 is 0.826 bits per heavy atom. The SMILES string of the molecule is c1ccc(-c2ccc(-c3nc(-c4ccccc4)nc(-c4ccc(-n5c6ccccc6c6c7c(ccc65)-c5ccccc5C75c6ccccc6-c6ccccc65)c5oc6ccccc6c45)n3)cc2)cc1. The molecule has 0 bridgehead atoms. The van der Waals surface area contributed by atoms with Crippen LogP contribution in [0, 0.1) is 0 Å². The molecule has 2 aliphatic carbocycles. The fourth-order valence-corrected chi connectivity index (χ4v) is 11.9. The molecule has 13 aromatic rings. The van der Waals surface area contributed by atoms with Gasteiger partial charge in [-0.05, 0) is 86.0 Å². The predicted octanol–water partition coefficient (Wildman–Crippen LogP) is 15.9. The van der Waals surface area contributed by atoms with Gasteiger partial charge in [0, 0.05) is 38.2 Å². The van der Waals surface area contributed by atoms with Crippen molar-refractivity contribution in [2.75, 3.05) is 0 Å². The standard InChI is InChI=1S/C64H38N4O/c1-3-17-39(18-4-1)40-31-33-42(34-32-40)62-65-61(41-19-5-2-6-20-41)66-63(67-62)49-36-38-55(60-57(49)48-25-11-16-30-56(48)69-60)68-53-29-15-10-24-47(53)58-54(68)37-35-46-45-23-9-14-28-52(45)64(59(46)58)50-26-12-7-21-43(50)44-22-8-13-27-51(44)64/h1-38H. The molecule has 5 nitrogen and oxygen atoms in total. The van der Waals surface area contributed by atoms with E-state index in [4.69, 9.17) is 19.4 Å². The molecule has 0 radical (unpaired) electrons. The smallest absolute Gasteiger partial charge is 0.164 e. The second-order valence-corrected chi connectivity index (χ2v) is 18.2. The molecule has 0 N–H and O–H groups in total. The number of nitrogens with zero attached hydrogens (tertiary/aromatic N) is 4. The average Bonchev–Trinajstić information content (AvgIpc) is 4.15. The Morgan fingerprint density at radius 3 is 1.51 bits per heavy atom. The molecule has 1 spiro atoms. The molecule has 3 aromatic heterocycles. The van der Waals surface area contributed by atoms with Crippen molar-refractivity contribution in [2.45, 2.75) is 5.41 Å². The lowest BCUT2D eigenvalue weighted by atomic mass is 9.69. The second kappa shape index (κ2) is 14.4. The normalized spacial score (nSPS) is 13.0. The number of rotatable bonds is 5. The molecule has 3 heterocycles. The molecule has 0 fully saturated rings. The Balaban J connectivity index is 0.995. The van der Waals surface area contributed by atoms with Crippen LogP contribution in [0.4, 0.5) is 0 Å². The van der Waals surface area contributed by atoms with E-state index in [1.807, 2.05) is 30.3 Å². The van der Waals surface area contributed by atoms with Crippen molar-refractivity contribution >= 4 is 43.7 Å². The van der Waals surface area contributed by atoms with Crippen LogP contribution < -0.4 is 0 Å². The molecular formula is C64H38N4O. The topological polar surface area (TPSA) is 56.7 Å². The first-order chi connectivity index (χ1) is 34.2. The summed E-state index contributed by atoms with van der Waals surface area (Å²) in [4.78, 5) is 15.7. The third-order valence-corrected chi connectivity index (χ3v) is 14.7. The van der Waals surface area contributed by atoms with Gasteiger partial charge in [-0.2, -0.15) is 0 Å². The van der Waals surface area contributed by atoms with Crippen LogP contribution in [0.25, 0.3) is 117 Å². The van der Waals surface area contributed by atoms with Gasteiger partial charge >= 0.3 is 0 Å². The average molecular weight is 879 g/mol. The van der Waals surface area contributed by atoms with Crippen molar-refractivity contribution in [2.24, 2.45) is 0 Å². The third kappa shape index (κ3) is 5.27. The van der Waals surface area contributed by atoms with Gasteiger partial charge in [0.25, 0.3) is 0 Å². The molecular weight excluding hydrogens is 841 g/mol. The lowest BCUT2D eigenvalue weighted by Gasteiger charge is -2.31. The Bertz CT molecular complexity index is 4180. The van der Waals surface area contributed by atoms with E-state index in [1.54, 1.807) is 0 Å². The van der Waals surface area contributed by atoms with Crippen LogP contribution in [0.2, 0.25) is 0 Å². The molecule has 5 heteroatoms. The lowest BCUT2D eigenvalue weighted by Crippen LogP contribution is -2.26. The Hall–Kier alpha value is -9.19. The molecule has 15 rings (SSSR count). The van der Waals surface area contributed by atoms with Gasteiger partial charge in [-0.15, -0.1) is 0 Å². The highest BCUT2D eigenvalue weighted by Gasteiger charge is 2.52. The molecule has 0 amide bonds. The van der Waals surface area contributed by atoms with Crippen molar-refractivity contribution in [1.29, 1.82) is 0 Å². The molecule has 0 aliphatic heterocycles. The number of hydrogen-bond donors (Lipinski definition) is 0. The van der Waals surface area contributed by atoms with E-state index in [9.17, 15) is 0 Å². The summed E-state index contributed by atoms with van der Waals surface area (Å²) in [6.45, 7) is 0. The van der Waals surface area contributed by atoms with Crippen LogP contribution in [-0.2, 0) is 5.41 Å². The molecule has 0 atom stereocenters. The Labute approximate surface area is 397 Å². The molecule has 69 heavy (non-hydrogen) atoms. The number of aromatic nitrogens is 4. The summed E-state index contributed by atoms with van der Waals surface area (Å²) in [5.74, 6) is 1.78. The fraction of sp³-hybridized carbons (Fsp3) is 0.0156. The van der Waals surface area contributed by atoms with Crippen LogP contribution in [0.3, 0.4) is 0 Å². The van der Waals surface area contributed by atoms with Gasteiger partial charge in [0.2, 0.25) is 0 Å². The summed E-state index contributed by atoms with van der Waals surface area (Å²) in [5, 5.41) is 4.38. The molecule has 0 saturated carbocycles. The maximum Gasteiger partial charge on any atom is 0.164 e. The van der Waals surface area contributed by atoms with E-state index < -0.39 is 5.41 Å². The van der Waals surface area contributed by atoms with Crippen LogP contribution in [0.1, 0.15) is 22.3 Å². The van der Waals surface area contributed by atoms with E-state index in [0.717, 1.165) is 66.5 Å². The molecule has 320 valence electrons. The van der Waals surface area contributed by atoms with Gasteiger partial charge in [-0.25, -0.2) is 15.0 Å². The largest absolute Gasteiger partial charge is 0.454 e. The summed E-state index contributed by atoms with van der Waals surface area (Å²) in [6.07, 6.45) is 0. The number of benzene rings is 10. The predicted molar refractivity (Wildman–Crippen MR) is 279 cm³/mol. The summed E-state index contributed by atoms with van der Waals surface area (Å²) in [5.41, 5.74) is 19.6. The first-order valence-electron chi connectivity index (χ1n) is 23.5. The van der Waals surface area contributed by atoms with Crippen LogP contribution in [0.5, 0.6) is 0 Å². The molecule has 0 saturated heterocycles. The zero-order valence-corrected chi connectivity index (χ0v) is 37.1. The van der Waals surface area contributed by atoms with Crippen molar-refractivity contribution < 1.29 is 4.42 Å². The van der Waals surface area contributed by atoms with Crippen LogP contribution in [0.15, 0.2) is 235 Å². The Morgan fingerprint density at radius 1 is 0.333 bits per heavy atom. The number of furan rings is 1. The van der Waals surface area contributed by atoms with Crippen molar-refractivity contribution in [3.05, 3.63) is 253 Å². The molecule has 10 aromatic carbocycles. The first kappa shape index (κ1) is 38.0. The minimum Gasteiger partial charge on any atom is -0.454 e. The van der Waals surface area contributed by atoms with Crippen LogP contribution in [-0.4, -0.2) is 19.5 Å². The van der Waals surface area contributed by atoms with E-state index in [2.05, 4.69) is 205 Å². The highest BCUT2D eigenvalue weighted by Crippen LogP contribution is 2.64. The zero-order chi connectivity index (χ0) is 45.2. The number of fused-ring (bicyclic) bond motifs is 17. The number of hydrogen-bond acceptors (Lipinski definition) is 4. The molecule has 0 unspecified atom stereocenters. The Kier molecular flexibility index (Phi) is 7.93. The maximum atomic E-state index is 7.09. The van der Waals surface area contributed by atoms with Gasteiger partial charge in [0.15, 0.2) is 23.1 Å². The summed E-state index contributed by atoms with van der Waals surface area (Å²) in [6, 6.07) is 82.4. The highest BCUT2D eigenvalue weighted by atomic mass is 16.3. The van der Waals surface area contributed by atoms with Gasteiger partial charge in [0.1, 0.15) is 5.58 Å². The van der Waals surface area contributed by atoms with Gasteiger partial charge < -0.3 is 8.98 Å². The summed E-state index contributed by atoms with van der Waals surface area (Å²) >= 11 is 0. The highest BCUT2D eigenvalue weighted by molar-refractivity contribution is 6.19. The third-order valence-electron chi connectivity index (χ3n) is 14.7. The fourth-order valence-electron chi connectivity index (χ4n) is 11.9. The monoisotopic (exact) mass is 878 g/mol. The minimum atomic E-state index is -0.513. The first-order valence-corrected chi connectivity index (χ1v) is 23.5. The number of para-hydroxylation sites is 2. The van der Waals surface area contributed by atoms with Crippen LogP contribution >= 0.6 is 0 Å². The van der Waals surface area contributed by atoms with E-state index in [1.165, 1.54) is 55.3 Å². The zero-order valence-electron chi connectivity index (χ0n) is 37.1. The van der Waals surface area contributed by atoms with Gasteiger partial charge in [-0.1, -0.05) is 200 Å². The lowest BCUT2D eigenvalue weighted by molar-refractivity contribution is 0.666. The van der Waals surface area contributed by atoms with Crippen molar-refractivity contribution in [3.63, 3.8) is 0 Å². The minimum absolute atomic E-state index is 0.513. The van der Waals surface area contributed by atoms with E-state index in [0.29, 0.717) is 17.5 Å². The molecule has 2 aliphatic rings. The quantitative estimate of drug-likeness (QED) is 0.173. The summed E-state index contributed by atoms with van der Waals surface area (Å²) < 4.78 is 9.51. The van der Waals surface area contributed by atoms with Gasteiger partial charge in [-0.3, -0.25) is 0 Å². The van der Waals surface area contributed by atoms with Crippen molar-refractivity contribution in [3.8, 4) is 73.2 Å². The van der Waals surface area contributed by atoms with E-state index in [-0.39, 0.29) is 0 Å².